The van der Waals surface area contributed by atoms with Crippen molar-refractivity contribution in [1.82, 2.24) is 15.1 Å². The fourth-order valence-electron chi connectivity index (χ4n) is 4.27. The van der Waals surface area contributed by atoms with Crippen molar-refractivity contribution in [2.24, 2.45) is 5.92 Å². The highest BCUT2D eigenvalue weighted by molar-refractivity contribution is 6.00. The first-order valence-electron chi connectivity index (χ1n) is 10.7. The Morgan fingerprint density at radius 2 is 1.83 bits per heavy atom. The smallest absolute Gasteiger partial charge is 0.234 e. The molecule has 3 fully saturated rings. The Kier molecular flexibility index (Phi) is 5.85. The Bertz CT molecular complexity index is 784. The quantitative estimate of drug-likeness (QED) is 0.777. The van der Waals surface area contributed by atoms with Crippen LogP contribution in [-0.4, -0.2) is 72.8 Å². The minimum atomic E-state index is -0.280. The van der Waals surface area contributed by atoms with Gasteiger partial charge < -0.3 is 15.1 Å². The van der Waals surface area contributed by atoms with E-state index in [-0.39, 0.29) is 30.1 Å². The van der Waals surface area contributed by atoms with E-state index in [2.05, 4.69) is 17.1 Å². The average molecular weight is 399 g/mol. The molecule has 1 saturated carbocycles. The first-order chi connectivity index (χ1) is 14.0. The van der Waals surface area contributed by atoms with Crippen LogP contribution in [0.3, 0.4) is 0 Å². The van der Waals surface area contributed by atoms with Gasteiger partial charge in [0.1, 0.15) is 0 Å². The van der Waals surface area contributed by atoms with Gasteiger partial charge in [0.2, 0.25) is 17.7 Å². The van der Waals surface area contributed by atoms with Crippen LogP contribution in [0.5, 0.6) is 0 Å². The van der Waals surface area contributed by atoms with Crippen LogP contribution >= 0.6 is 0 Å². The van der Waals surface area contributed by atoms with Gasteiger partial charge in [0.15, 0.2) is 0 Å². The number of aryl methyl sites for hydroxylation is 1. The molecule has 3 aliphatic rings. The van der Waals surface area contributed by atoms with Gasteiger partial charge in [-0.25, -0.2) is 0 Å². The fourth-order valence-corrected chi connectivity index (χ4v) is 4.27. The van der Waals surface area contributed by atoms with Gasteiger partial charge in [-0.1, -0.05) is 25.1 Å². The topological polar surface area (TPSA) is 73.0 Å². The third-order valence-electron chi connectivity index (χ3n) is 6.13. The van der Waals surface area contributed by atoms with Gasteiger partial charge >= 0.3 is 0 Å². The van der Waals surface area contributed by atoms with E-state index in [4.69, 9.17) is 0 Å². The molecule has 7 nitrogen and oxygen atoms in total. The van der Waals surface area contributed by atoms with Gasteiger partial charge in [-0.15, -0.1) is 0 Å². The highest BCUT2D eigenvalue weighted by atomic mass is 16.2. The van der Waals surface area contributed by atoms with E-state index >= 15 is 0 Å². The molecule has 0 bridgehead atoms. The molecular formula is C22H30N4O3. The van der Waals surface area contributed by atoms with E-state index in [0.717, 1.165) is 30.5 Å². The number of benzene rings is 1. The fraction of sp³-hybridized carbons (Fsp3) is 0.591. The number of rotatable bonds is 6. The van der Waals surface area contributed by atoms with Crippen LogP contribution < -0.4 is 10.2 Å². The summed E-state index contributed by atoms with van der Waals surface area (Å²) in [6, 6.07) is 8.31. The number of nitrogens with one attached hydrogen (secondary N) is 1. The summed E-state index contributed by atoms with van der Waals surface area (Å²) in [6.07, 6.45) is 3.32. The van der Waals surface area contributed by atoms with Crippen molar-refractivity contribution < 1.29 is 14.4 Å². The number of para-hydroxylation sites is 1. The van der Waals surface area contributed by atoms with Gasteiger partial charge in [-0.3, -0.25) is 19.3 Å². The van der Waals surface area contributed by atoms with E-state index in [1.807, 2.05) is 29.2 Å². The van der Waals surface area contributed by atoms with Crippen LogP contribution in [0.1, 0.15) is 31.7 Å². The standard InChI is InChI=1S/C22H30N4O3/c1-2-16-5-3-4-6-19(16)26-14-17(13-21(26)28)22(29)25-11-9-24(10-12-25)15-20(27)23-18-7-8-18/h3-6,17-18H,2,7-15H2,1H3,(H,23,27)/t17-/m0/s1. The number of amides is 3. The summed E-state index contributed by atoms with van der Waals surface area (Å²) in [5.74, 6) is -0.104. The average Bonchev–Trinajstić information content (AvgIpc) is 3.46. The van der Waals surface area contributed by atoms with E-state index in [1.165, 1.54) is 0 Å². The summed E-state index contributed by atoms with van der Waals surface area (Å²) >= 11 is 0. The minimum absolute atomic E-state index is 0.0274. The minimum Gasteiger partial charge on any atom is -0.352 e. The van der Waals surface area contributed by atoms with Crippen molar-refractivity contribution in [2.45, 2.75) is 38.6 Å². The lowest BCUT2D eigenvalue weighted by Gasteiger charge is -2.35. The van der Waals surface area contributed by atoms with Gasteiger partial charge in [0.25, 0.3) is 0 Å². The molecule has 1 N–H and O–H groups in total. The van der Waals surface area contributed by atoms with Crippen LogP contribution in [0.15, 0.2) is 24.3 Å². The zero-order valence-electron chi connectivity index (χ0n) is 17.1. The normalized spacial score (nSPS) is 22.8. The van der Waals surface area contributed by atoms with Crippen LogP contribution in [0.2, 0.25) is 0 Å². The van der Waals surface area contributed by atoms with Crippen molar-refractivity contribution in [3.63, 3.8) is 0 Å². The van der Waals surface area contributed by atoms with Gasteiger partial charge in [0, 0.05) is 50.9 Å². The van der Waals surface area contributed by atoms with Crippen LogP contribution in [0.25, 0.3) is 0 Å². The summed E-state index contributed by atoms with van der Waals surface area (Å²) < 4.78 is 0. The summed E-state index contributed by atoms with van der Waals surface area (Å²) in [7, 11) is 0. The zero-order valence-corrected chi connectivity index (χ0v) is 17.1. The summed E-state index contributed by atoms with van der Waals surface area (Å²) in [5.41, 5.74) is 2.06. The van der Waals surface area contributed by atoms with E-state index in [1.54, 1.807) is 4.90 Å². The zero-order chi connectivity index (χ0) is 20.4. The summed E-state index contributed by atoms with van der Waals surface area (Å²) in [5, 5.41) is 3.01. The summed E-state index contributed by atoms with van der Waals surface area (Å²) in [6.45, 7) is 5.57. The Balaban J connectivity index is 1.30. The predicted octanol–water partition coefficient (Wildman–Crippen LogP) is 1.02. The molecule has 0 spiro atoms. The van der Waals surface area contributed by atoms with Crippen LogP contribution in [0, 0.1) is 5.92 Å². The molecule has 1 aromatic carbocycles. The molecule has 1 atom stereocenters. The monoisotopic (exact) mass is 398 g/mol. The lowest BCUT2D eigenvalue weighted by Crippen LogP contribution is -2.52. The maximum atomic E-state index is 13.0. The Morgan fingerprint density at radius 3 is 2.52 bits per heavy atom. The van der Waals surface area contributed by atoms with Gasteiger partial charge in [-0.05, 0) is 30.9 Å². The van der Waals surface area contributed by atoms with Gasteiger partial charge in [-0.2, -0.15) is 0 Å². The maximum absolute atomic E-state index is 13.0. The van der Waals surface area contributed by atoms with Crippen molar-refractivity contribution in [3.05, 3.63) is 29.8 Å². The molecule has 1 aliphatic carbocycles. The molecule has 0 aromatic heterocycles. The highest BCUT2D eigenvalue weighted by Gasteiger charge is 2.38. The molecule has 2 saturated heterocycles. The molecule has 156 valence electrons. The number of hydrogen-bond donors (Lipinski definition) is 1. The van der Waals surface area contributed by atoms with Crippen molar-refractivity contribution in [3.8, 4) is 0 Å². The number of carbonyl (C=O) groups excluding carboxylic acids is 3. The van der Waals surface area contributed by atoms with E-state index < -0.39 is 0 Å². The molecule has 0 radical (unpaired) electrons. The first kappa shape index (κ1) is 19.9. The third kappa shape index (κ3) is 4.61. The Labute approximate surface area is 172 Å². The SMILES string of the molecule is CCc1ccccc1N1C[C@@H](C(=O)N2CCN(CC(=O)NC3CC3)CC2)CC1=O. The van der Waals surface area contributed by atoms with E-state index in [9.17, 15) is 14.4 Å². The molecule has 1 aromatic rings. The van der Waals surface area contributed by atoms with E-state index in [0.29, 0.717) is 45.3 Å². The molecule has 0 unspecified atom stereocenters. The first-order valence-corrected chi connectivity index (χ1v) is 10.7. The highest BCUT2D eigenvalue weighted by Crippen LogP contribution is 2.29. The van der Waals surface area contributed by atoms with Crippen molar-refractivity contribution >= 4 is 23.4 Å². The number of carbonyl (C=O) groups is 3. The second-order valence-corrected chi connectivity index (χ2v) is 8.33. The molecular weight excluding hydrogens is 368 g/mol. The second kappa shape index (κ2) is 8.53. The Hall–Kier alpha value is -2.41. The van der Waals surface area contributed by atoms with Crippen molar-refractivity contribution in [1.29, 1.82) is 0 Å². The lowest BCUT2D eigenvalue weighted by atomic mass is 10.1. The lowest BCUT2D eigenvalue weighted by molar-refractivity contribution is -0.137. The molecule has 2 aliphatic heterocycles. The van der Waals surface area contributed by atoms with Crippen LogP contribution in [-0.2, 0) is 20.8 Å². The Morgan fingerprint density at radius 1 is 1.10 bits per heavy atom. The maximum Gasteiger partial charge on any atom is 0.234 e. The summed E-state index contributed by atoms with van der Waals surface area (Å²) in [4.78, 5) is 43.3. The number of hydrogen-bond acceptors (Lipinski definition) is 4. The predicted molar refractivity (Wildman–Crippen MR) is 110 cm³/mol. The number of anilines is 1. The number of nitrogens with zero attached hydrogens (tertiary/aromatic N) is 3. The molecule has 3 amide bonds. The number of piperazine rings is 1. The molecule has 29 heavy (non-hydrogen) atoms. The molecule has 4 rings (SSSR count). The second-order valence-electron chi connectivity index (χ2n) is 8.33. The molecule has 7 heteroatoms. The van der Waals surface area contributed by atoms with Gasteiger partial charge in [0.05, 0.1) is 12.5 Å². The molecule has 2 heterocycles. The largest absolute Gasteiger partial charge is 0.352 e. The third-order valence-corrected chi connectivity index (χ3v) is 6.13. The van der Waals surface area contributed by atoms with Crippen molar-refractivity contribution in [2.75, 3.05) is 44.2 Å². The van der Waals surface area contributed by atoms with Crippen LogP contribution in [0.4, 0.5) is 5.69 Å².